The van der Waals surface area contributed by atoms with Crippen molar-refractivity contribution in [3.63, 3.8) is 0 Å². The minimum atomic E-state index is -0.0518. The molecule has 0 aromatic carbocycles. The van der Waals surface area contributed by atoms with Gasteiger partial charge in [0.15, 0.2) is 6.23 Å². The van der Waals surface area contributed by atoms with Gasteiger partial charge in [0.1, 0.15) is 0 Å². The molecule has 0 aliphatic carbocycles. The van der Waals surface area contributed by atoms with Crippen LogP contribution in [0.15, 0.2) is 0 Å². The van der Waals surface area contributed by atoms with Gasteiger partial charge in [-0.25, -0.2) is 0 Å². The lowest BCUT2D eigenvalue weighted by Gasteiger charge is -2.08. The van der Waals surface area contributed by atoms with Gasteiger partial charge in [0.2, 0.25) is 5.91 Å². The fourth-order valence-electron chi connectivity index (χ4n) is 2.97. The van der Waals surface area contributed by atoms with Crippen molar-refractivity contribution < 1.29 is 9.90 Å². The molecule has 3 nitrogen and oxygen atoms in total. The highest BCUT2D eigenvalue weighted by Gasteiger charge is 2.06. The van der Waals surface area contributed by atoms with E-state index in [-0.39, 0.29) is 12.1 Å². The first-order valence-corrected chi connectivity index (χ1v) is 10.5. The van der Waals surface area contributed by atoms with E-state index in [2.05, 4.69) is 12.2 Å². The van der Waals surface area contributed by atoms with E-state index in [0.29, 0.717) is 12.8 Å². The van der Waals surface area contributed by atoms with Gasteiger partial charge in [-0.05, 0) is 12.8 Å². The Morgan fingerprint density at radius 1 is 0.667 bits per heavy atom. The molecule has 2 N–H and O–H groups in total. The monoisotopic (exact) mass is 340 g/mol. The third-order valence-electron chi connectivity index (χ3n) is 4.63. The minimum absolute atomic E-state index is 0.0518. The second kappa shape index (κ2) is 18.8. The number of amides is 1. The van der Waals surface area contributed by atoms with Crippen LogP contribution in [0.25, 0.3) is 0 Å². The van der Waals surface area contributed by atoms with E-state index in [1.165, 1.54) is 83.5 Å². The van der Waals surface area contributed by atoms with Crippen molar-refractivity contribution in [3.8, 4) is 0 Å². The molecule has 0 rings (SSSR count). The Balaban J connectivity index is 3.11. The number of carbonyl (C=O) groups excluding carboxylic acids is 1. The van der Waals surface area contributed by atoms with Crippen molar-refractivity contribution in [1.29, 1.82) is 0 Å². The Morgan fingerprint density at radius 3 is 1.42 bits per heavy atom. The Labute approximate surface area is 151 Å². The molecule has 0 saturated heterocycles. The lowest BCUT2D eigenvalue weighted by atomic mass is 10.0. The summed E-state index contributed by atoms with van der Waals surface area (Å²) in [5.74, 6) is -0.0518. The van der Waals surface area contributed by atoms with Crippen LogP contribution < -0.4 is 5.32 Å². The highest BCUT2D eigenvalue weighted by molar-refractivity contribution is 5.76. The van der Waals surface area contributed by atoms with Crippen molar-refractivity contribution in [1.82, 2.24) is 5.32 Å². The predicted octanol–water partition coefficient (Wildman–Crippen LogP) is 6.64. The molecule has 0 atom stereocenters. The molecule has 0 aliphatic rings. The van der Waals surface area contributed by atoms with Gasteiger partial charge in [0.25, 0.3) is 0 Å². The lowest BCUT2D eigenvalue weighted by molar-refractivity contribution is -0.122. The Bertz CT molecular complexity index is 269. The first kappa shape index (κ1) is 23.4. The average Bonchev–Trinajstić information content (AvgIpc) is 2.58. The molecule has 3 heteroatoms. The van der Waals surface area contributed by atoms with Crippen molar-refractivity contribution in [2.75, 3.05) is 0 Å². The van der Waals surface area contributed by atoms with Gasteiger partial charge in [-0.15, -0.1) is 0 Å². The van der Waals surface area contributed by atoms with E-state index in [0.717, 1.165) is 12.8 Å². The average molecular weight is 341 g/mol. The maximum atomic E-state index is 11.5. The number of hydrogen-bond donors (Lipinski definition) is 2. The number of unbranched alkanes of at least 4 members (excludes halogenated alkanes) is 14. The summed E-state index contributed by atoms with van der Waals surface area (Å²) in [6.07, 6.45) is 21.1. The van der Waals surface area contributed by atoms with Crippen molar-refractivity contribution in [2.45, 2.75) is 123 Å². The lowest BCUT2D eigenvalue weighted by Crippen LogP contribution is -2.27. The normalized spacial score (nSPS) is 11.2. The number of rotatable bonds is 18. The van der Waals surface area contributed by atoms with E-state index < -0.39 is 0 Å². The van der Waals surface area contributed by atoms with Crippen LogP contribution in [0.1, 0.15) is 123 Å². The standard InChI is InChI=1S/C21H42NO2/c1-3-5-6-7-8-9-10-11-12-13-14-15-16-17-18-19-21(24)22-20(23)4-2/h23H,3-19H2,1-2H3,(H,22,24). The Hall–Kier alpha value is -0.570. The van der Waals surface area contributed by atoms with Gasteiger partial charge in [-0.3, -0.25) is 4.79 Å². The first-order chi connectivity index (χ1) is 11.7. The van der Waals surface area contributed by atoms with Gasteiger partial charge in [0, 0.05) is 6.42 Å². The molecule has 0 unspecified atom stereocenters. The molecular formula is C21H42NO2. The topological polar surface area (TPSA) is 49.3 Å². The third kappa shape index (κ3) is 17.8. The molecule has 24 heavy (non-hydrogen) atoms. The van der Waals surface area contributed by atoms with Crippen molar-refractivity contribution >= 4 is 5.91 Å². The summed E-state index contributed by atoms with van der Waals surface area (Å²) in [7, 11) is 0. The highest BCUT2D eigenvalue weighted by atomic mass is 16.3. The minimum Gasteiger partial charge on any atom is -0.367 e. The zero-order chi connectivity index (χ0) is 17.9. The van der Waals surface area contributed by atoms with Crippen LogP contribution in [-0.4, -0.2) is 11.0 Å². The largest absolute Gasteiger partial charge is 0.367 e. The van der Waals surface area contributed by atoms with Gasteiger partial charge in [0.05, 0.1) is 0 Å². The van der Waals surface area contributed by atoms with Crippen LogP contribution in [0.2, 0.25) is 0 Å². The van der Waals surface area contributed by atoms with Crippen molar-refractivity contribution in [2.24, 2.45) is 0 Å². The summed E-state index contributed by atoms with van der Waals surface area (Å²) in [4.78, 5) is 11.5. The van der Waals surface area contributed by atoms with E-state index in [1.54, 1.807) is 0 Å². The highest BCUT2D eigenvalue weighted by Crippen LogP contribution is 2.13. The summed E-state index contributed by atoms with van der Waals surface area (Å²) in [5.41, 5.74) is 0. The number of carbonyl (C=O) groups is 1. The molecule has 0 heterocycles. The third-order valence-corrected chi connectivity index (χ3v) is 4.63. The van der Waals surface area contributed by atoms with E-state index in [1.807, 2.05) is 6.92 Å². The summed E-state index contributed by atoms with van der Waals surface area (Å²) >= 11 is 0. The summed E-state index contributed by atoms with van der Waals surface area (Å²) in [5, 5.41) is 11.8. The first-order valence-electron chi connectivity index (χ1n) is 10.5. The van der Waals surface area contributed by atoms with Crippen molar-refractivity contribution in [3.05, 3.63) is 6.23 Å². The fourth-order valence-corrected chi connectivity index (χ4v) is 2.97. The van der Waals surface area contributed by atoms with Gasteiger partial charge < -0.3 is 10.4 Å². The molecule has 0 aromatic rings. The summed E-state index contributed by atoms with van der Waals surface area (Å²) in [6.45, 7) is 4.10. The molecular weight excluding hydrogens is 298 g/mol. The summed E-state index contributed by atoms with van der Waals surface area (Å²) in [6, 6.07) is 0. The molecule has 0 saturated carbocycles. The van der Waals surface area contributed by atoms with Crippen LogP contribution in [0.5, 0.6) is 0 Å². The van der Waals surface area contributed by atoms with Crippen LogP contribution in [0.4, 0.5) is 0 Å². The van der Waals surface area contributed by atoms with Gasteiger partial charge in [-0.2, -0.15) is 0 Å². The Morgan fingerprint density at radius 2 is 1.04 bits per heavy atom. The molecule has 0 aliphatic heterocycles. The quantitative estimate of drug-likeness (QED) is 0.275. The van der Waals surface area contributed by atoms with E-state index in [4.69, 9.17) is 0 Å². The second-order valence-electron chi connectivity index (χ2n) is 7.05. The van der Waals surface area contributed by atoms with Crippen LogP contribution >= 0.6 is 0 Å². The molecule has 143 valence electrons. The molecule has 1 radical (unpaired) electrons. The fraction of sp³-hybridized carbons (Fsp3) is 0.905. The number of aliphatic hydroxyl groups is 1. The predicted molar refractivity (Wildman–Crippen MR) is 103 cm³/mol. The maximum Gasteiger partial charge on any atom is 0.222 e. The molecule has 1 amide bonds. The number of hydrogen-bond acceptors (Lipinski definition) is 2. The maximum absolute atomic E-state index is 11.5. The van der Waals surface area contributed by atoms with Crippen LogP contribution in [0.3, 0.4) is 0 Å². The SMILES string of the molecule is CCCCCCCCCCCCCCCCCC(=O)N[C](O)CC. The Kier molecular flexibility index (Phi) is 18.3. The molecule has 0 bridgehead atoms. The number of nitrogens with one attached hydrogen (secondary N) is 1. The second-order valence-corrected chi connectivity index (χ2v) is 7.05. The molecule has 0 fully saturated rings. The van der Waals surface area contributed by atoms with E-state index in [9.17, 15) is 9.90 Å². The van der Waals surface area contributed by atoms with E-state index >= 15 is 0 Å². The molecule has 0 spiro atoms. The smallest absolute Gasteiger partial charge is 0.222 e. The number of aliphatic hydroxyl groups excluding tert-OH is 1. The zero-order valence-corrected chi connectivity index (χ0v) is 16.4. The summed E-state index contributed by atoms with van der Waals surface area (Å²) < 4.78 is 0. The zero-order valence-electron chi connectivity index (χ0n) is 16.4. The van der Waals surface area contributed by atoms with Crippen LogP contribution in [-0.2, 0) is 4.79 Å². The van der Waals surface area contributed by atoms with Crippen LogP contribution in [0, 0.1) is 6.23 Å². The molecule has 0 aromatic heterocycles. The van der Waals surface area contributed by atoms with Gasteiger partial charge >= 0.3 is 0 Å². The van der Waals surface area contributed by atoms with Gasteiger partial charge in [-0.1, -0.05) is 104 Å².